The predicted molar refractivity (Wildman–Crippen MR) is 122 cm³/mol. The van der Waals surface area contributed by atoms with Gasteiger partial charge in [-0.25, -0.2) is 0 Å². The van der Waals surface area contributed by atoms with Crippen molar-refractivity contribution in [3.05, 3.63) is 108 Å². The van der Waals surface area contributed by atoms with E-state index in [0.717, 1.165) is 43.8 Å². The Morgan fingerprint density at radius 1 is 0.433 bits per heavy atom. The van der Waals surface area contributed by atoms with Crippen molar-refractivity contribution in [2.45, 2.75) is 0 Å². The molecule has 5 aromatic carbocycles. The molecule has 0 spiro atoms. The minimum atomic E-state index is 0.563. The molecule has 0 bridgehead atoms. The van der Waals surface area contributed by atoms with E-state index in [0.29, 0.717) is 11.1 Å². The van der Waals surface area contributed by atoms with Gasteiger partial charge in [0.05, 0.1) is 23.3 Å². The molecule has 5 rings (SSSR count). The van der Waals surface area contributed by atoms with Gasteiger partial charge in [0, 0.05) is 11.1 Å². The molecular weight excluding hydrogens is 364 g/mol. The first kappa shape index (κ1) is 17.7. The third-order valence-electron chi connectivity index (χ3n) is 5.56. The van der Waals surface area contributed by atoms with E-state index < -0.39 is 0 Å². The van der Waals surface area contributed by atoms with Crippen molar-refractivity contribution >= 4 is 21.5 Å². The van der Waals surface area contributed by atoms with Crippen LogP contribution in [0.25, 0.3) is 43.8 Å². The van der Waals surface area contributed by atoms with E-state index in [2.05, 4.69) is 48.5 Å². The van der Waals surface area contributed by atoms with Crippen molar-refractivity contribution in [1.82, 2.24) is 0 Å². The van der Waals surface area contributed by atoms with Crippen LogP contribution in [0.15, 0.2) is 97.1 Å². The molecule has 0 aromatic heterocycles. The summed E-state index contributed by atoms with van der Waals surface area (Å²) in [4.78, 5) is 0. The Morgan fingerprint density at radius 2 is 0.833 bits per heavy atom. The van der Waals surface area contributed by atoms with Crippen LogP contribution in [-0.4, -0.2) is 0 Å². The van der Waals surface area contributed by atoms with Crippen LogP contribution in [0.5, 0.6) is 0 Å². The van der Waals surface area contributed by atoms with Crippen molar-refractivity contribution in [3.8, 4) is 34.4 Å². The molecule has 2 heteroatoms. The zero-order chi connectivity index (χ0) is 20.5. The van der Waals surface area contributed by atoms with Crippen LogP contribution in [0.4, 0.5) is 0 Å². The first-order valence-electron chi connectivity index (χ1n) is 9.74. The molecule has 0 aliphatic rings. The van der Waals surface area contributed by atoms with Gasteiger partial charge in [-0.1, -0.05) is 84.9 Å². The van der Waals surface area contributed by atoms with Crippen molar-refractivity contribution in [2.24, 2.45) is 0 Å². The summed E-state index contributed by atoms with van der Waals surface area (Å²) in [5.41, 5.74) is 4.63. The molecule has 0 aliphatic carbocycles. The standard InChI is InChI=1S/C28H16N2/c29-17-21-16-28(26-14-6-10-20-8-2-4-12-24(20)26)22(18-30)15-27(21)25-13-5-9-19-7-1-3-11-23(19)25/h1-16H. The van der Waals surface area contributed by atoms with Crippen LogP contribution >= 0.6 is 0 Å². The van der Waals surface area contributed by atoms with Crippen LogP contribution in [0.1, 0.15) is 11.1 Å². The van der Waals surface area contributed by atoms with Crippen molar-refractivity contribution in [2.75, 3.05) is 0 Å². The zero-order valence-corrected chi connectivity index (χ0v) is 16.1. The number of rotatable bonds is 2. The summed E-state index contributed by atoms with van der Waals surface area (Å²) in [6.45, 7) is 0. The molecular formula is C28H16N2. The van der Waals surface area contributed by atoms with Gasteiger partial charge in [0.15, 0.2) is 0 Å². The van der Waals surface area contributed by atoms with E-state index in [9.17, 15) is 10.5 Å². The lowest BCUT2D eigenvalue weighted by molar-refractivity contribution is 1.45. The Balaban J connectivity index is 1.81. The molecule has 0 amide bonds. The monoisotopic (exact) mass is 380 g/mol. The van der Waals surface area contributed by atoms with Gasteiger partial charge >= 0.3 is 0 Å². The molecule has 0 saturated carbocycles. The SMILES string of the molecule is N#Cc1cc(-c2cccc3ccccc23)c(C#N)cc1-c1cccc2ccccc12. The maximum atomic E-state index is 9.97. The van der Waals surface area contributed by atoms with Crippen LogP contribution in [0, 0.1) is 22.7 Å². The number of benzene rings is 5. The van der Waals surface area contributed by atoms with Gasteiger partial charge < -0.3 is 0 Å². The summed E-state index contributed by atoms with van der Waals surface area (Å²) in [6, 6.07) is 36.8. The van der Waals surface area contributed by atoms with Crippen LogP contribution in [-0.2, 0) is 0 Å². The number of nitrogens with zero attached hydrogens (tertiary/aromatic N) is 2. The molecule has 0 unspecified atom stereocenters. The maximum absolute atomic E-state index is 9.97. The molecule has 0 aliphatic heterocycles. The summed E-state index contributed by atoms with van der Waals surface area (Å²) in [5, 5.41) is 24.3. The van der Waals surface area contributed by atoms with E-state index in [-0.39, 0.29) is 0 Å². The third-order valence-corrected chi connectivity index (χ3v) is 5.56. The number of hydrogen-bond donors (Lipinski definition) is 0. The largest absolute Gasteiger partial charge is 0.192 e. The lowest BCUT2D eigenvalue weighted by atomic mass is 9.88. The molecule has 2 nitrogen and oxygen atoms in total. The smallest absolute Gasteiger partial charge is 0.0998 e. The van der Waals surface area contributed by atoms with Gasteiger partial charge in [0.25, 0.3) is 0 Å². The summed E-state index contributed by atoms with van der Waals surface area (Å²) in [7, 11) is 0. The first-order chi connectivity index (χ1) is 14.8. The molecule has 138 valence electrons. The summed E-state index contributed by atoms with van der Waals surface area (Å²) >= 11 is 0. The van der Waals surface area contributed by atoms with Crippen molar-refractivity contribution in [3.63, 3.8) is 0 Å². The van der Waals surface area contributed by atoms with E-state index in [4.69, 9.17) is 0 Å². The average molecular weight is 380 g/mol. The molecule has 30 heavy (non-hydrogen) atoms. The molecule has 5 aromatic rings. The second-order valence-electron chi connectivity index (χ2n) is 7.22. The minimum absolute atomic E-state index is 0.563. The van der Waals surface area contributed by atoms with Crippen LogP contribution in [0.3, 0.4) is 0 Å². The number of hydrogen-bond acceptors (Lipinski definition) is 2. The normalized spacial score (nSPS) is 10.6. The van der Waals surface area contributed by atoms with Gasteiger partial charge in [-0.3, -0.25) is 0 Å². The Morgan fingerprint density at radius 3 is 1.27 bits per heavy atom. The first-order valence-corrected chi connectivity index (χ1v) is 9.74. The highest BCUT2D eigenvalue weighted by Gasteiger charge is 2.16. The highest BCUT2D eigenvalue weighted by Crippen LogP contribution is 2.37. The van der Waals surface area contributed by atoms with Gasteiger partial charge in [0.1, 0.15) is 0 Å². The fourth-order valence-corrected chi connectivity index (χ4v) is 4.15. The fourth-order valence-electron chi connectivity index (χ4n) is 4.15. The van der Waals surface area contributed by atoms with E-state index in [1.54, 1.807) is 0 Å². The Hall–Kier alpha value is -4.40. The Bertz CT molecular complexity index is 1390. The van der Waals surface area contributed by atoms with Gasteiger partial charge in [-0.15, -0.1) is 0 Å². The number of fused-ring (bicyclic) bond motifs is 2. The molecule has 0 atom stereocenters. The van der Waals surface area contributed by atoms with Crippen LogP contribution in [0.2, 0.25) is 0 Å². The average Bonchev–Trinajstić information content (AvgIpc) is 2.82. The predicted octanol–water partition coefficient (Wildman–Crippen LogP) is 7.07. The van der Waals surface area contributed by atoms with Crippen LogP contribution < -0.4 is 0 Å². The van der Waals surface area contributed by atoms with E-state index >= 15 is 0 Å². The maximum Gasteiger partial charge on any atom is 0.0998 e. The third kappa shape index (κ3) is 2.80. The van der Waals surface area contributed by atoms with Gasteiger partial charge in [-0.05, 0) is 44.8 Å². The summed E-state index contributed by atoms with van der Waals surface area (Å²) in [5.74, 6) is 0. The second kappa shape index (κ2) is 7.21. The Labute approximate surface area is 174 Å². The summed E-state index contributed by atoms with van der Waals surface area (Å²) in [6.07, 6.45) is 0. The fraction of sp³-hybridized carbons (Fsp3) is 0. The highest BCUT2D eigenvalue weighted by molar-refractivity contribution is 6.01. The zero-order valence-electron chi connectivity index (χ0n) is 16.1. The lowest BCUT2D eigenvalue weighted by Crippen LogP contribution is -1.93. The molecule has 0 N–H and O–H groups in total. The molecule has 0 heterocycles. The molecule has 0 radical (unpaired) electrons. The van der Waals surface area contributed by atoms with E-state index in [1.807, 2.05) is 60.7 Å². The minimum Gasteiger partial charge on any atom is -0.192 e. The highest BCUT2D eigenvalue weighted by atomic mass is 14.3. The van der Waals surface area contributed by atoms with Gasteiger partial charge in [-0.2, -0.15) is 10.5 Å². The van der Waals surface area contributed by atoms with Crippen molar-refractivity contribution in [1.29, 1.82) is 10.5 Å². The topological polar surface area (TPSA) is 47.6 Å². The number of nitriles is 2. The van der Waals surface area contributed by atoms with E-state index in [1.165, 1.54) is 0 Å². The quantitative estimate of drug-likeness (QED) is 0.329. The molecule has 0 fully saturated rings. The second-order valence-corrected chi connectivity index (χ2v) is 7.22. The Kier molecular flexibility index (Phi) is 4.25. The van der Waals surface area contributed by atoms with Crippen molar-refractivity contribution < 1.29 is 0 Å². The lowest BCUT2D eigenvalue weighted by Gasteiger charge is -2.14. The molecule has 0 saturated heterocycles. The van der Waals surface area contributed by atoms with Gasteiger partial charge in [0.2, 0.25) is 0 Å². The summed E-state index contributed by atoms with van der Waals surface area (Å²) < 4.78 is 0.